The van der Waals surface area contributed by atoms with Crippen LogP contribution < -0.4 is 0 Å². The van der Waals surface area contributed by atoms with Gasteiger partial charge >= 0.3 is 0 Å². The van der Waals surface area contributed by atoms with Gasteiger partial charge in [0.1, 0.15) is 0 Å². The number of nitrogens with zero attached hydrogens (tertiary/aromatic N) is 2. The van der Waals surface area contributed by atoms with Crippen LogP contribution in [0.5, 0.6) is 0 Å². The van der Waals surface area contributed by atoms with Crippen molar-refractivity contribution in [3.63, 3.8) is 0 Å². The maximum atomic E-state index is 12.6. The van der Waals surface area contributed by atoms with Gasteiger partial charge in [-0.25, -0.2) is 8.42 Å². The van der Waals surface area contributed by atoms with Gasteiger partial charge in [0.25, 0.3) is 5.69 Å². The Morgan fingerprint density at radius 1 is 1.14 bits per heavy atom. The maximum Gasteiger partial charge on any atom is 0.269 e. The van der Waals surface area contributed by atoms with E-state index in [1.807, 2.05) is 0 Å². The van der Waals surface area contributed by atoms with Gasteiger partial charge in [0, 0.05) is 25.2 Å². The zero-order chi connectivity index (χ0) is 15.0. The first-order valence-electron chi connectivity index (χ1n) is 6.44. The van der Waals surface area contributed by atoms with Gasteiger partial charge in [-0.15, -0.1) is 0 Å². The minimum atomic E-state index is -3.70. The van der Waals surface area contributed by atoms with Crippen LogP contribution >= 0.6 is 0 Å². The molecule has 8 nitrogen and oxygen atoms in total. The minimum absolute atomic E-state index is 0.0365. The summed E-state index contributed by atoms with van der Waals surface area (Å²) >= 11 is 0. The number of sulfonamides is 1. The summed E-state index contributed by atoms with van der Waals surface area (Å²) in [6.07, 6.45) is -0.145. The molecule has 0 N–H and O–H groups in total. The van der Waals surface area contributed by atoms with Crippen molar-refractivity contribution in [1.82, 2.24) is 4.31 Å². The molecule has 1 aromatic rings. The van der Waals surface area contributed by atoms with Crippen molar-refractivity contribution in [3.05, 3.63) is 34.4 Å². The zero-order valence-corrected chi connectivity index (χ0v) is 11.9. The lowest BCUT2D eigenvalue weighted by atomic mass is 10.3. The number of ether oxygens (including phenoxy) is 2. The summed E-state index contributed by atoms with van der Waals surface area (Å²) in [6.45, 7) is 1.66. The molecule has 0 aromatic heterocycles. The molecular formula is C12H14N2O6S. The molecule has 0 saturated carbocycles. The van der Waals surface area contributed by atoms with Crippen LogP contribution in [0.4, 0.5) is 5.69 Å². The molecule has 0 bridgehead atoms. The number of epoxide rings is 2. The Labute approximate surface area is 121 Å². The number of non-ortho nitro benzene ring substituents is 1. The molecule has 21 heavy (non-hydrogen) atoms. The second kappa shape index (κ2) is 5.34. The van der Waals surface area contributed by atoms with Crippen LogP contribution in [0.2, 0.25) is 0 Å². The predicted molar refractivity (Wildman–Crippen MR) is 71.3 cm³/mol. The Bertz CT molecular complexity index is 622. The summed E-state index contributed by atoms with van der Waals surface area (Å²) in [6, 6.07) is 4.88. The third-order valence-corrected chi connectivity index (χ3v) is 5.15. The molecule has 0 radical (unpaired) electrons. The molecule has 0 aliphatic carbocycles. The first-order chi connectivity index (χ1) is 9.96. The molecule has 9 heteroatoms. The smallest absolute Gasteiger partial charge is 0.269 e. The van der Waals surface area contributed by atoms with E-state index in [9.17, 15) is 18.5 Å². The highest BCUT2D eigenvalue weighted by atomic mass is 32.2. The van der Waals surface area contributed by atoms with Crippen molar-refractivity contribution < 1.29 is 22.8 Å². The molecule has 2 aliphatic rings. The molecule has 2 aliphatic heterocycles. The second-order valence-corrected chi connectivity index (χ2v) is 6.92. The van der Waals surface area contributed by atoms with Crippen molar-refractivity contribution in [2.45, 2.75) is 17.1 Å². The number of nitro groups is 1. The Morgan fingerprint density at radius 3 is 2.00 bits per heavy atom. The summed E-state index contributed by atoms with van der Waals surface area (Å²) in [4.78, 5) is 10.1. The fourth-order valence-electron chi connectivity index (χ4n) is 1.96. The van der Waals surface area contributed by atoms with E-state index in [1.54, 1.807) is 0 Å². The van der Waals surface area contributed by atoms with Crippen LogP contribution in [0.3, 0.4) is 0 Å². The van der Waals surface area contributed by atoms with E-state index in [2.05, 4.69) is 0 Å². The predicted octanol–water partition coefficient (Wildman–Crippen LogP) is 0.383. The van der Waals surface area contributed by atoms with Gasteiger partial charge < -0.3 is 9.47 Å². The molecule has 2 saturated heterocycles. The molecule has 2 heterocycles. The highest BCUT2D eigenvalue weighted by Gasteiger charge is 2.37. The molecule has 2 unspecified atom stereocenters. The Kier molecular flexibility index (Phi) is 3.66. The van der Waals surface area contributed by atoms with Crippen LogP contribution in [0.1, 0.15) is 0 Å². The first kappa shape index (κ1) is 14.4. The summed E-state index contributed by atoms with van der Waals surface area (Å²) in [5.74, 6) is 0. The van der Waals surface area contributed by atoms with Crippen molar-refractivity contribution in [1.29, 1.82) is 0 Å². The van der Waals surface area contributed by atoms with Gasteiger partial charge in [0.05, 0.1) is 35.2 Å². The van der Waals surface area contributed by atoms with Gasteiger partial charge in [-0.3, -0.25) is 10.1 Å². The molecular weight excluding hydrogens is 300 g/mol. The largest absolute Gasteiger partial charge is 0.372 e. The van der Waals surface area contributed by atoms with Gasteiger partial charge in [-0.05, 0) is 12.1 Å². The molecule has 1 aromatic carbocycles. The standard InChI is InChI=1S/C12H14N2O6S/c15-14(16)9-1-3-12(4-2-9)21(17,18)13(5-10-7-19-10)6-11-8-20-11/h1-4,10-11H,5-8H2. The van der Waals surface area contributed by atoms with Crippen molar-refractivity contribution in [2.24, 2.45) is 0 Å². The number of hydrogen-bond donors (Lipinski definition) is 0. The van der Waals surface area contributed by atoms with Crippen LogP contribution in [0.15, 0.2) is 29.2 Å². The topological polar surface area (TPSA) is 106 Å². The highest BCUT2D eigenvalue weighted by molar-refractivity contribution is 7.89. The quantitative estimate of drug-likeness (QED) is 0.409. The third-order valence-electron chi connectivity index (χ3n) is 3.30. The van der Waals surface area contributed by atoms with E-state index in [4.69, 9.17) is 9.47 Å². The summed E-state index contributed by atoms with van der Waals surface area (Å²) in [5.41, 5.74) is -0.142. The number of hydrogen-bond acceptors (Lipinski definition) is 6. The van der Waals surface area contributed by atoms with Gasteiger partial charge in [-0.2, -0.15) is 4.31 Å². The van der Waals surface area contributed by atoms with Gasteiger partial charge in [0.15, 0.2) is 0 Å². The van der Waals surface area contributed by atoms with E-state index >= 15 is 0 Å². The first-order valence-corrected chi connectivity index (χ1v) is 7.88. The lowest BCUT2D eigenvalue weighted by Crippen LogP contribution is -2.37. The highest BCUT2D eigenvalue weighted by Crippen LogP contribution is 2.24. The zero-order valence-electron chi connectivity index (χ0n) is 11.0. The van der Waals surface area contributed by atoms with E-state index in [1.165, 1.54) is 28.6 Å². The van der Waals surface area contributed by atoms with E-state index in [-0.39, 0.29) is 35.9 Å². The maximum absolute atomic E-state index is 12.6. The van der Waals surface area contributed by atoms with E-state index in [0.29, 0.717) is 13.2 Å². The SMILES string of the molecule is O=[N+]([O-])c1ccc(S(=O)(=O)N(CC2CO2)CC2CO2)cc1. The van der Waals surface area contributed by atoms with E-state index in [0.717, 1.165) is 0 Å². The number of nitro benzene ring substituents is 1. The molecule has 3 rings (SSSR count). The second-order valence-electron chi connectivity index (χ2n) is 4.98. The molecule has 2 fully saturated rings. The van der Waals surface area contributed by atoms with E-state index < -0.39 is 14.9 Å². The normalized spacial score (nSPS) is 24.0. The average Bonchev–Trinajstić information content (AvgIpc) is 3.33. The Balaban J connectivity index is 1.82. The fourth-order valence-corrected chi connectivity index (χ4v) is 3.46. The minimum Gasteiger partial charge on any atom is -0.372 e. The summed E-state index contributed by atoms with van der Waals surface area (Å²) in [7, 11) is -3.70. The lowest BCUT2D eigenvalue weighted by Gasteiger charge is -2.20. The molecule has 114 valence electrons. The Morgan fingerprint density at radius 2 is 1.62 bits per heavy atom. The molecule has 0 spiro atoms. The third kappa shape index (κ3) is 3.38. The molecule has 0 amide bonds. The number of rotatable bonds is 7. The van der Waals surface area contributed by atoms with Crippen LogP contribution in [0.25, 0.3) is 0 Å². The van der Waals surface area contributed by atoms with Crippen molar-refractivity contribution in [2.75, 3.05) is 26.3 Å². The van der Waals surface area contributed by atoms with Crippen LogP contribution in [-0.4, -0.2) is 56.2 Å². The fraction of sp³-hybridized carbons (Fsp3) is 0.500. The van der Waals surface area contributed by atoms with Crippen molar-refractivity contribution >= 4 is 15.7 Å². The average molecular weight is 314 g/mol. The van der Waals surface area contributed by atoms with Gasteiger partial charge in [-0.1, -0.05) is 0 Å². The Hall–Kier alpha value is -1.55. The number of benzene rings is 1. The summed E-state index contributed by atoms with van der Waals surface area (Å²) < 4.78 is 36.7. The lowest BCUT2D eigenvalue weighted by molar-refractivity contribution is -0.384. The van der Waals surface area contributed by atoms with Gasteiger partial charge in [0.2, 0.25) is 10.0 Å². The van der Waals surface area contributed by atoms with Crippen molar-refractivity contribution in [3.8, 4) is 0 Å². The van der Waals surface area contributed by atoms with Crippen LogP contribution in [-0.2, 0) is 19.5 Å². The monoisotopic (exact) mass is 314 g/mol. The molecule has 2 atom stereocenters. The van der Waals surface area contributed by atoms with Crippen LogP contribution in [0, 0.1) is 10.1 Å². The summed E-state index contributed by atoms with van der Waals surface area (Å²) in [5, 5.41) is 10.6.